The lowest BCUT2D eigenvalue weighted by Crippen LogP contribution is -1.99. The van der Waals surface area contributed by atoms with Gasteiger partial charge in [-0.2, -0.15) is 0 Å². The van der Waals surface area contributed by atoms with Gasteiger partial charge in [-0.25, -0.2) is 8.78 Å². The lowest BCUT2D eigenvalue weighted by atomic mass is 10.1. The van der Waals surface area contributed by atoms with E-state index < -0.39 is 11.6 Å². The molecule has 0 aliphatic carbocycles. The quantitative estimate of drug-likeness (QED) is 0.370. The molecule has 0 spiro atoms. The second kappa shape index (κ2) is 8.67. The molecule has 0 amide bonds. The molecule has 1 heterocycles. The van der Waals surface area contributed by atoms with E-state index in [0.717, 1.165) is 43.4 Å². The Morgan fingerprint density at radius 1 is 0.731 bits per heavy atom. The Kier molecular flexibility index (Phi) is 6.30. The van der Waals surface area contributed by atoms with Crippen molar-refractivity contribution in [1.82, 2.24) is 0 Å². The van der Waals surface area contributed by atoms with Crippen molar-refractivity contribution in [3.05, 3.63) is 35.9 Å². The molecule has 0 saturated carbocycles. The molecule has 0 aliphatic rings. The molecule has 1 aromatic heterocycles. The third kappa shape index (κ3) is 3.78. The molecule has 2 aromatic carbocycles. The summed E-state index contributed by atoms with van der Waals surface area (Å²) in [5.74, 6) is -0.365. The van der Waals surface area contributed by atoms with Gasteiger partial charge in [0.1, 0.15) is 0 Å². The molecule has 0 saturated heterocycles. The number of rotatable bonds is 9. The first kappa shape index (κ1) is 18.9. The monoisotopic (exact) mass is 378 g/mol. The second-order valence-corrected chi connectivity index (χ2v) is 7.39. The van der Waals surface area contributed by atoms with Gasteiger partial charge in [-0.15, -0.1) is 11.3 Å². The lowest BCUT2D eigenvalue weighted by molar-refractivity contribution is 0.292. The van der Waals surface area contributed by atoms with Gasteiger partial charge in [0.15, 0.2) is 23.1 Å². The van der Waals surface area contributed by atoms with Crippen molar-refractivity contribution in [1.29, 1.82) is 0 Å². The number of halogens is 2. The number of unbranched alkanes of at least 4 members (excludes halogenated alkanes) is 3. The van der Waals surface area contributed by atoms with Crippen LogP contribution in [0.5, 0.6) is 11.5 Å². The molecule has 0 bridgehead atoms. The van der Waals surface area contributed by atoms with E-state index in [1.807, 2.05) is 13.0 Å². The lowest BCUT2D eigenvalue weighted by Gasteiger charge is -2.07. The maximum Gasteiger partial charge on any atom is 0.182 e. The number of thiophene rings is 1. The standard InChI is InChI=1S/C21H24F2O2S/c1-3-5-6-7-13-25-17-11-9-15-14-8-10-16(24-12-4-2)18(22)20(14)26-21(15)19(17)23/h8-11H,3-7,12-13H2,1-2H3. The molecule has 3 aromatic rings. The fourth-order valence-electron chi connectivity index (χ4n) is 2.95. The third-order valence-corrected chi connectivity index (χ3v) is 5.54. The first-order valence-electron chi connectivity index (χ1n) is 9.26. The van der Waals surface area contributed by atoms with Crippen LogP contribution in [0.4, 0.5) is 8.78 Å². The normalized spacial score (nSPS) is 11.4. The minimum Gasteiger partial charge on any atom is -0.490 e. The van der Waals surface area contributed by atoms with Gasteiger partial charge in [0, 0.05) is 10.8 Å². The SMILES string of the molecule is CCCCCCOc1ccc2c(sc3c(F)c(OCCC)ccc32)c1F. The molecule has 0 unspecified atom stereocenters. The number of hydrogen-bond acceptors (Lipinski definition) is 3. The highest BCUT2D eigenvalue weighted by molar-refractivity contribution is 7.25. The predicted molar refractivity (Wildman–Crippen MR) is 105 cm³/mol. The Hall–Kier alpha value is -1.88. The van der Waals surface area contributed by atoms with Gasteiger partial charge in [-0.1, -0.05) is 33.1 Å². The van der Waals surface area contributed by atoms with E-state index in [9.17, 15) is 8.78 Å². The van der Waals surface area contributed by atoms with Crippen LogP contribution in [0.1, 0.15) is 46.0 Å². The zero-order valence-corrected chi connectivity index (χ0v) is 16.1. The van der Waals surface area contributed by atoms with Crippen LogP contribution in [0, 0.1) is 11.6 Å². The van der Waals surface area contributed by atoms with Crippen LogP contribution in [-0.4, -0.2) is 13.2 Å². The van der Waals surface area contributed by atoms with E-state index in [0.29, 0.717) is 33.4 Å². The van der Waals surface area contributed by atoms with Crippen LogP contribution in [0.25, 0.3) is 20.2 Å². The van der Waals surface area contributed by atoms with Crippen molar-refractivity contribution in [2.24, 2.45) is 0 Å². The van der Waals surface area contributed by atoms with Crippen molar-refractivity contribution < 1.29 is 18.3 Å². The van der Waals surface area contributed by atoms with Gasteiger partial charge < -0.3 is 9.47 Å². The van der Waals surface area contributed by atoms with E-state index in [2.05, 4.69) is 6.92 Å². The minimum atomic E-state index is -0.418. The average molecular weight is 378 g/mol. The van der Waals surface area contributed by atoms with Crippen molar-refractivity contribution in [3.8, 4) is 11.5 Å². The second-order valence-electron chi connectivity index (χ2n) is 6.37. The van der Waals surface area contributed by atoms with Gasteiger partial charge in [0.2, 0.25) is 0 Å². The number of fused-ring (bicyclic) bond motifs is 3. The molecular weight excluding hydrogens is 354 g/mol. The first-order chi connectivity index (χ1) is 12.7. The van der Waals surface area contributed by atoms with E-state index in [1.165, 1.54) is 0 Å². The molecular formula is C21H24F2O2S. The van der Waals surface area contributed by atoms with Gasteiger partial charge >= 0.3 is 0 Å². The van der Waals surface area contributed by atoms with Crippen molar-refractivity contribution in [2.75, 3.05) is 13.2 Å². The van der Waals surface area contributed by atoms with Crippen molar-refractivity contribution >= 4 is 31.5 Å². The maximum atomic E-state index is 14.8. The van der Waals surface area contributed by atoms with Crippen LogP contribution in [0.2, 0.25) is 0 Å². The molecule has 0 aliphatic heterocycles. The number of benzene rings is 2. The molecule has 2 nitrogen and oxygen atoms in total. The maximum absolute atomic E-state index is 14.8. The Bertz CT molecular complexity index is 889. The molecule has 3 rings (SSSR count). The zero-order valence-electron chi connectivity index (χ0n) is 15.2. The molecule has 140 valence electrons. The van der Waals surface area contributed by atoms with Gasteiger partial charge in [-0.05, 0) is 37.1 Å². The van der Waals surface area contributed by atoms with E-state index >= 15 is 0 Å². The summed E-state index contributed by atoms with van der Waals surface area (Å²) < 4.78 is 41.5. The summed E-state index contributed by atoms with van der Waals surface area (Å²) in [4.78, 5) is 0. The van der Waals surface area contributed by atoms with Gasteiger partial charge in [0.25, 0.3) is 0 Å². The Balaban J connectivity index is 1.90. The highest BCUT2D eigenvalue weighted by atomic mass is 32.1. The highest BCUT2D eigenvalue weighted by Crippen LogP contribution is 2.41. The smallest absolute Gasteiger partial charge is 0.182 e. The molecule has 26 heavy (non-hydrogen) atoms. The highest BCUT2D eigenvalue weighted by Gasteiger charge is 2.18. The van der Waals surface area contributed by atoms with Crippen LogP contribution in [-0.2, 0) is 0 Å². The molecule has 0 N–H and O–H groups in total. The summed E-state index contributed by atoms with van der Waals surface area (Å²) in [6.45, 7) is 5.07. The zero-order chi connectivity index (χ0) is 18.5. The number of hydrogen-bond donors (Lipinski definition) is 0. The molecule has 5 heteroatoms. The van der Waals surface area contributed by atoms with Crippen LogP contribution < -0.4 is 9.47 Å². The Labute approximate surface area is 156 Å². The first-order valence-corrected chi connectivity index (χ1v) is 10.1. The third-order valence-electron chi connectivity index (χ3n) is 4.33. The van der Waals surface area contributed by atoms with E-state index in [1.54, 1.807) is 18.2 Å². The van der Waals surface area contributed by atoms with Crippen LogP contribution in [0.3, 0.4) is 0 Å². The van der Waals surface area contributed by atoms with Crippen LogP contribution in [0.15, 0.2) is 24.3 Å². The van der Waals surface area contributed by atoms with Gasteiger partial charge in [-0.3, -0.25) is 0 Å². The Morgan fingerprint density at radius 2 is 1.31 bits per heavy atom. The van der Waals surface area contributed by atoms with Crippen molar-refractivity contribution in [2.45, 2.75) is 46.0 Å². The van der Waals surface area contributed by atoms with E-state index in [-0.39, 0.29) is 11.5 Å². The Morgan fingerprint density at radius 3 is 1.85 bits per heavy atom. The summed E-state index contributed by atoms with van der Waals surface area (Å²) in [7, 11) is 0. The predicted octanol–water partition coefficient (Wildman–Crippen LogP) is 7.08. The summed E-state index contributed by atoms with van der Waals surface area (Å²) in [6.07, 6.45) is 5.09. The summed E-state index contributed by atoms with van der Waals surface area (Å²) in [5.41, 5.74) is 0. The minimum absolute atomic E-state index is 0.221. The average Bonchev–Trinajstić information content (AvgIpc) is 3.03. The molecule has 0 fully saturated rings. The summed E-state index contributed by atoms with van der Waals surface area (Å²) >= 11 is 1.11. The van der Waals surface area contributed by atoms with Gasteiger partial charge in [0.05, 0.1) is 22.6 Å². The molecule has 0 atom stereocenters. The fraction of sp³-hybridized carbons (Fsp3) is 0.429. The largest absolute Gasteiger partial charge is 0.490 e. The van der Waals surface area contributed by atoms with Crippen molar-refractivity contribution in [3.63, 3.8) is 0 Å². The van der Waals surface area contributed by atoms with E-state index in [4.69, 9.17) is 9.47 Å². The molecule has 0 radical (unpaired) electrons. The summed E-state index contributed by atoms with van der Waals surface area (Å²) in [6, 6.07) is 6.87. The van der Waals surface area contributed by atoms with Crippen LogP contribution >= 0.6 is 11.3 Å². The fourth-order valence-corrected chi connectivity index (χ4v) is 4.11. The topological polar surface area (TPSA) is 18.5 Å². The number of ether oxygens (including phenoxy) is 2. The summed E-state index contributed by atoms with van der Waals surface area (Å²) in [5, 5.41) is 1.42.